The summed E-state index contributed by atoms with van der Waals surface area (Å²) in [6, 6.07) is 1.96. The lowest BCUT2D eigenvalue weighted by atomic mass is 10.1. The Labute approximate surface area is 201 Å². The van der Waals surface area contributed by atoms with Gasteiger partial charge >= 0.3 is 6.09 Å². The molecule has 0 aromatic carbocycles. The molecular weight excluding hydrogens is 440 g/mol. The molecule has 0 saturated carbocycles. The second-order valence-corrected chi connectivity index (χ2v) is 10.2. The second kappa shape index (κ2) is 12.7. The molecule has 33 heavy (non-hydrogen) atoms. The molecule has 0 atom stereocenters. The number of nitrogens with one attached hydrogen (secondary N) is 1. The van der Waals surface area contributed by atoms with Crippen LogP contribution >= 0.6 is 11.3 Å². The monoisotopic (exact) mass is 478 g/mol. The summed E-state index contributed by atoms with van der Waals surface area (Å²) in [4.78, 5) is 33.1. The number of nitrogens with zero attached hydrogens (tertiary/aromatic N) is 2. The molecule has 1 aliphatic rings. The molecule has 0 spiro atoms. The summed E-state index contributed by atoms with van der Waals surface area (Å²) in [5, 5.41) is 2.72. The average Bonchev–Trinajstić information content (AvgIpc) is 3.01. The van der Waals surface area contributed by atoms with Gasteiger partial charge in [0.25, 0.3) is 0 Å². The topological polar surface area (TPSA) is 106 Å². The highest BCUT2D eigenvalue weighted by molar-refractivity contribution is 7.13. The number of fused-ring (bicyclic) bond motifs is 1. The highest BCUT2D eigenvalue weighted by Crippen LogP contribution is 2.35. The Balaban J connectivity index is 1.91. The minimum atomic E-state index is -0.507. The van der Waals surface area contributed by atoms with Gasteiger partial charge in [-0.25, -0.2) is 9.79 Å². The molecule has 2 rings (SSSR count). The number of rotatable bonds is 11. The smallest absolute Gasteiger partial charge is 0.407 e. The summed E-state index contributed by atoms with van der Waals surface area (Å²) in [7, 11) is 0. The summed E-state index contributed by atoms with van der Waals surface area (Å²) in [5.74, 6) is 0.480. The van der Waals surface area contributed by atoms with E-state index < -0.39 is 11.7 Å². The molecule has 1 aromatic heterocycles. The van der Waals surface area contributed by atoms with Crippen molar-refractivity contribution >= 4 is 40.9 Å². The SMILES string of the molecule is CCCN(CCC)C(=O)C1=Cc2sc(COCCCNC(=O)OC(C)(C)C)cc2N=C(N)C1. The Morgan fingerprint density at radius 1 is 1.24 bits per heavy atom. The van der Waals surface area contributed by atoms with E-state index >= 15 is 0 Å². The fourth-order valence-electron chi connectivity index (χ4n) is 3.35. The van der Waals surface area contributed by atoms with Crippen LogP contribution in [-0.4, -0.2) is 54.6 Å². The number of carbonyl (C=O) groups excluding carboxylic acids is 2. The predicted molar refractivity (Wildman–Crippen MR) is 134 cm³/mol. The molecule has 1 aromatic rings. The molecule has 9 heteroatoms. The maximum atomic E-state index is 13.1. The normalized spacial score (nSPS) is 13.5. The first-order valence-electron chi connectivity index (χ1n) is 11.6. The highest BCUT2D eigenvalue weighted by atomic mass is 32.1. The number of hydrogen-bond acceptors (Lipinski definition) is 7. The molecule has 0 bridgehead atoms. The molecule has 2 heterocycles. The van der Waals surface area contributed by atoms with Crippen LogP contribution in [0.15, 0.2) is 16.6 Å². The van der Waals surface area contributed by atoms with Crippen molar-refractivity contribution in [1.82, 2.24) is 10.2 Å². The Morgan fingerprint density at radius 2 is 1.94 bits per heavy atom. The average molecular weight is 479 g/mol. The lowest BCUT2D eigenvalue weighted by Crippen LogP contribution is -2.34. The molecule has 0 unspecified atom stereocenters. The van der Waals surface area contributed by atoms with E-state index in [0.29, 0.717) is 44.0 Å². The van der Waals surface area contributed by atoms with Crippen molar-refractivity contribution in [3.05, 3.63) is 21.4 Å². The molecule has 0 radical (unpaired) electrons. The van der Waals surface area contributed by atoms with Gasteiger partial charge in [-0.15, -0.1) is 11.3 Å². The number of thiophene rings is 1. The first kappa shape index (κ1) is 26.9. The van der Waals surface area contributed by atoms with Gasteiger partial charge < -0.3 is 25.4 Å². The van der Waals surface area contributed by atoms with E-state index in [4.69, 9.17) is 15.2 Å². The summed E-state index contributed by atoms with van der Waals surface area (Å²) in [5.41, 5.74) is 7.07. The van der Waals surface area contributed by atoms with E-state index in [-0.39, 0.29) is 5.91 Å². The number of aliphatic imine (C=N–C) groups is 1. The van der Waals surface area contributed by atoms with Gasteiger partial charge in [0.1, 0.15) is 11.4 Å². The number of hydrogen-bond donors (Lipinski definition) is 2. The van der Waals surface area contributed by atoms with Gasteiger partial charge in [0, 0.05) is 43.1 Å². The minimum Gasteiger partial charge on any atom is -0.444 e. The van der Waals surface area contributed by atoms with Crippen LogP contribution in [0.5, 0.6) is 0 Å². The van der Waals surface area contributed by atoms with Crippen LogP contribution in [0, 0.1) is 0 Å². The maximum absolute atomic E-state index is 13.1. The maximum Gasteiger partial charge on any atom is 0.407 e. The van der Waals surface area contributed by atoms with Gasteiger partial charge in [0.15, 0.2) is 0 Å². The second-order valence-electron chi connectivity index (χ2n) is 9.04. The largest absolute Gasteiger partial charge is 0.444 e. The van der Waals surface area contributed by atoms with Gasteiger partial charge in [-0.2, -0.15) is 0 Å². The first-order chi connectivity index (χ1) is 15.6. The van der Waals surface area contributed by atoms with Crippen molar-refractivity contribution < 1.29 is 19.1 Å². The molecule has 0 saturated heterocycles. The third kappa shape index (κ3) is 9.17. The molecule has 1 aliphatic heterocycles. The zero-order valence-electron chi connectivity index (χ0n) is 20.5. The van der Waals surface area contributed by atoms with Crippen molar-refractivity contribution in [2.75, 3.05) is 26.2 Å². The van der Waals surface area contributed by atoms with Crippen molar-refractivity contribution in [2.24, 2.45) is 10.7 Å². The van der Waals surface area contributed by atoms with Crippen molar-refractivity contribution in [3.8, 4) is 0 Å². The van der Waals surface area contributed by atoms with E-state index in [1.165, 1.54) is 0 Å². The summed E-state index contributed by atoms with van der Waals surface area (Å²) >= 11 is 1.56. The van der Waals surface area contributed by atoms with Crippen molar-refractivity contribution in [1.29, 1.82) is 0 Å². The molecule has 2 amide bonds. The molecule has 3 N–H and O–H groups in total. The van der Waals surface area contributed by atoms with Gasteiger partial charge in [-0.3, -0.25) is 4.79 Å². The van der Waals surface area contributed by atoms with Gasteiger partial charge in [-0.1, -0.05) is 13.8 Å². The molecule has 8 nitrogen and oxygen atoms in total. The van der Waals surface area contributed by atoms with Gasteiger partial charge in [-0.05, 0) is 52.2 Å². The number of carbonyl (C=O) groups is 2. The van der Waals surface area contributed by atoms with Crippen molar-refractivity contribution in [3.63, 3.8) is 0 Å². The first-order valence-corrected chi connectivity index (χ1v) is 12.4. The fraction of sp³-hybridized carbons (Fsp3) is 0.625. The molecular formula is C24H38N4O4S. The quantitative estimate of drug-likeness (QED) is 0.452. The molecule has 184 valence electrons. The van der Waals surface area contributed by atoms with E-state index in [1.54, 1.807) is 11.3 Å². The molecule has 0 aliphatic carbocycles. The lowest BCUT2D eigenvalue weighted by Gasteiger charge is -2.22. The van der Waals surface area contributed by atoms with Crippen LogP contribution < -0.4 is 11.1 Å². The Morgan fingerprint density at radius 3 is 2.58 bits per heavy atom. The number of nitrogens with two attached hydrogens (primary N) is 1. The Kier molecular flexibility index (Phi) is 10.4. The summed E-state index contributed by atoms with van der Waals surface area (Å²) in [6.45, 7) is 12.5. The lowest BCUT2D eigenvalue weighted by molar-refractivity contribution is -0.127. The summed E-state index contributed by atoms with van der Waals surface area (Å²) in [6.07, 6.45) is 4.38. The van der Waals surface area contributed by atoms with Gasteiger partial charge in [0.2, 0.25) is 5.91 Å². The third-order valence-corrected chi connectivity index (χ3v) is 5.70. The van der Waals surface area contributed by atoms with Crippen LogP contribution in [0.25, 0.3) is 6.08 Å². The van der Waals surface area contributed by atoms with E-state index in [0.717, 1.165) is 41.4 Å². The van der Waals surface area contributed by atoms with Crippen LogP contribution in [0.2, 0.25) is 0 Å². The minimum absolute atomic E-state index is 0.0355. The van der Waals surface area contributed by atoms with Crippen LogP contribution in [-0.2, 0) is 20.9 Å². The van der Waals surface area contributed by atoms with E-state index in [9.17, 15) is 9.59 Å². The van der Waals surface area contributed by atoms with Crippen molar-refractivity contribution in [2.45, 2.75) is 72.5 Å². The van der Waals surface area contributed by atoms with Crippen LogP contribution in [0.3, 0.4) is 0 Å². The van der Waals surface area contributed by atoms with Gasteiger partial charge in [0.05, 0.1) is 17.2 Å². The van der Waals surface area contributed by atoms with E-state index in [2.05, 4.69) is 24.2 Å². The van der Waals surface area contributed by atoms with E-state index in [1.807, 2.05) is 37.8 Å². The summed E-state index contributed by atoms with van der Waals surface area (Å²) < 4.78 is 11.0. The number of ether oxygens (including phenoxy) is 2. The Bertz CT molecular complexity index is 864. The standard InChI is InChI=1S/C24H38N4O4S/c1-6-10-28(11-7-2)22(29)17-13-20-19(27-21(25)14-17)15-18(33-20)16-31-12-8-9-26-23(30)32-24(3,4)5/h13,15H,6-12,14,16H2,1-5H3,(H2,25,27)(H,26,30). The number of alkyl carbamates (subject to hydrolysis) is 1. The number of amidine groups is 1. The Hall–Kier alpha value is -2.39. The number of amides is 2. The predicted octanol–water partition coefficient (Wildman–Crippen LogP) is 4.60. The third-order valence-electron chi connectivity index (χ3n) is 4.66. The van der Waals surface area contributed by atoms with Crippen LogP contribution in [0.1, 0.15) is 70.1 Å². The highest BCUT2D eigenvalue weighted by Gasteiger charge is 2.22. The van der Waals surface area contributed by atoms with Crippen LogP contribution in [0.4, 0.5) is 10.5 Å². The fourth-order valence-corrected chi connectivity index (χ4v) is 4.36. The zero-order chi connectivity index (χ0) is 24.4. The zero-order valence-corrected chi connectivity index (χ0v) is 21.3. The molecule has 0 fully saturated rings.